The highest BCUT2D eigenvalue weighted by Gasteiger charge is 2.29. The topological polar surface area (TPSA) is 148 Å². The third-order valence-corrected chi connectivity index (χ3v) is 6.94. The van der Waals surface area contributed by atoms with Crippen LogP contribution in [-0.2, 0) is 14.8 Å². The fourth-order valence-electron chi connectivity index (χ4n) is 3.65. The minimum atomic E-state index is -4.03. The first-order chi connectivity index (χ1) is 15.3. The summed E-state index contributed by atoms with van der Waals surface area (Å²) in [6, 6.07) is 13.7. The van der Waals surface area contributed by atoms with Gasteiger partial charge in [-0.2, -0.15) is 0 Å². The average molecular weight is 461 g/mol. The smallest absolute Gasteiger partial charge is 0.273 e. The minimum absolute atomic E-state index is 0.00973. The Kier molecular flexibility index (Phi) is 7.54. The van der Waals surface area contributed by atoms with E-state index < -0.39 is 26.5 Å². The number of amides is 2. The molecule has 11 heteroatoms. The maximum atomic E-state index is 12.5. The third-order valence-electron chi connectivity index (χ3n) is 5.47. The maximum absolute atomic E-state index is 12.5. The Balaban J connectivity index is 1.46. The summed E-state index contributed by atoms with van der Waals surface area (Å²) in [5, 5.41) is 11.1. The monoisotopic (exact) mass is 460 g/mol. The van der Waals surface area contributed by atoms with Gasteiger partial charge in [-0.25, -0.2) is 13.1 Å². The number of nitro groups is 1. The van der Waals surface area contributed by atoms with Gasteiger partial charge in [0.05, 0.1) is 4.92 Å². The molecular weight excluding hydrogens is 436 g/mol. The van der Waals surface area contributed by atoms with Crippen molar-refractivity contribution in [1.29, 1.82) is 0 Å². The molecule has 3 rings (SSSR count). The number of nitro benzene ring substituents is 1. The van der Waals surface area contributed by atoms with E-state index in [-0.39, 0.29) is 29.2 Å². The van der Waals surface area contributed by atoms with Gasteiger partial charge in [0.1, 0.15) is 0 Å². The van der Waals surface area contributed by atoms with Crippen LogP contribution in [0.1, 0.15) is 36.0 Å². The van der Waals surface area contributed by atoms with Gasteiger partial charge in [0.2, 0.25) is 15.9 Å². The first-order valence-electron chi connectivity index (χ1n) is 10.2. The van der Waals surface area contributed by atoms with E-state index in [9.17, 15) is 28.1 Å². The van der Waals surface area contributed by atoms with Gasteiger partial charge in [0.15, 0.2) is 4.90 Å². The van der Waals surface area contributed by atoms with Gasteiger partial charge in [-0.15, -0.1) is 0 Å². The summed E-state index contributed by atoms with van der Waals surface area (Å²) < 4.78 is 27.5. The lowest BCUT2D eigenvalue weighted by atomic mass is 9.82. The highest BCUT2D eigenvalue weighted by atomic mass is 32.2. The molecule has 0 spiro atoms. The molecule has 2 aromatic rings. The third kappa shape index (κ3) is 5.89. The average Bonchev–Trinajstić information content (AvgIpc) is 2.82. The molecule has 0 radical (unpaired) electrons. The minimum Gasteiger partial charge on any atom is -0.273 e. The molecule has 32 heavy (non-hydrogen) atoms. The molecule has 0 atom stereocenters. The quantitative estimate of drug-likeness (QED) is 0.426. The van der Waals surface area contributed by atoms with Crippen molar-refractivity contribution < 1.29 is 22.9 Å². The fraction of sp³-hybridized carbons (Fsp3) is 0.333. The first-order valence-corrected chi connectivity index (χ1v) is 11.6. The van der Waals surface area contributed by atoms with Crippen LogP contribution in [0.15, 0.2) is 59.5 Å². The van der Waals surface area contributed by atoms with Crippen LogP contribution < -0.4 is 15.6 Å². The van der Waals surface area contributed by atoms with Gasteiger partial charge < -0.3 is 0 Å². The van der Waals surface area contributed by atoms with Gasteiger partial charge in [0, 0.05) is 24.1 Å². The van der Waals surface area contributed by atoms with Gasteiger partial charge in [-0.1, -0.05) is 30.3 Å². The molecule has 3 N–H and O–H groups in total. The standard InChI is InChI=1S/C21H24N4O6S/c26-20(16-6-2-1-3-7-16)23-24-21(27)17-12-10-15(11-13-17)14-22-32(30,31)19-9-5-4-8-18(19)25(28)29/h1-9,15,17,22H,10-14H2,(H,23,26)(H,24,27). The van der Waals surface area contributed by atoms with Crippen molar-refractivity contribution in [2.45, 2.75) is 30.6 Å². The summed E-state index contributed by atoms with van der Waals surface area (Å²) in [5.74, 6) is -0.963. The number of carbonyl (C=O) groups excluding carboxylic acids is 2. The molecule has 170 valence electrons. The number of nitrogens with one attached hydrogen (secondary N) is 3. The number of sulfonamides is 1. The fourth-order valence-corrected chi connectivity index (χ4v) is 4.94. The van der Waals surface area contributed by atoms with Crippen molar-refractivity contribution in [3.63, 3.8) is 0 Å². The molecule has 0 heterocycles. The van der Waals surface area contributed by atoms with E-state index in [0.29, 0.717) is 31.2 Å². The number of benzene rings is 2. The lowest BCUT2D eigenvalue weighted by Crippen LogP contribution is -2.45. The van der Waals surface area contributed by atoms with E-state index in [1.165, 1.54) is 18.2 Å². The lowest BCUT2D eigenvalue weighted by molar-refractivity contribution is -0.387. The van der Waals surface area contributed by atoms with Crippen LogP contribution in [0.3, 0.4) is 0 Å². The number of rotatable bonds is 7. The van der Waals surface area contributed by atoms with E-state index in [0.717, 1.165) is 6.07 Å². The maximum Gasteiger partial charge on any atom is 0.289 e. The zero-order chi connectivity index (χ0) is 23.1. The zero-order valence-electron chi connectivity index (χ0n) is 17.2. The van der Waals surface area contributed by atoms with Crippen LogP contribution >= 0.6 is 0 Å². The molecule has 10 nitrogen and oxygen atoms in total. The second kappa shape index (κ2) is 10.3. The van der Waals surface area contributed by atoms with E-state index in [2.05, 4.69) is 15.6 Å². The summed E-state index contributed by atoms with van der Waals surface area (Å²) in [5.41, 5.74) is 4.80. The van der Waals surface area contributed by atoms with E-state index in [4.69, 9.17) is 0 Å². The molecule has 1 aliphatic rings. The van der Waals surface area contributed by atoms with Crippen molar-refractivity contribution >= 4 is 27.5 Å². The predicted octanol–water partition coefficient (Wildman–Crippen LogP) is 2.14. The molecule has 2 amide bonds. The van der Waals surface area contributed by atoms with Crippen LogP contribution in [0.25, 0.3) is 0 Å². The Bertz CT molecular complexity index is 1080. The Morgan fingerprint density at radius 2 is 1.56 bits per heavy atom. The molecule has 0 saturated heterocycles. The van der Waals surface area contributed by atoms with Crippen LogP contribution in [0, 0.1) is 22.0 Å². The number of para-hydroxylation sites is 1. The van der Waals surface area contributed by atoms with Crippen molar-refractivity contribution in [3.05, 3.63) is 70.3 Å². The van der Waals surface area contributed by atoms with Gasteiger partial charge in [-0.3, -0.25) is 30.6 Å². The SMILES string of the molecule is O=C(NNC(=O)C1CCC(CNS(=O)(=O)c2ccccc2[N+](=O)[O-])CC1)c1ccccc1. The summed E-state index contributed by atoms with van der Waals surface area (Å²) >= 11 is 0. The van der Waals surface area contributed by atoms with Crippen molar-refractivity contribution in [3.8, 4) is 0 Å². The molecule has 1 aliphatic carbocycles. The van der Waals surface area contributed by atoms with Crippen molar-refractivity contribution in [1.82, 2.24) is 15.6 Å². The Morgan fingerprint density at radius 1 is 0.938 bits per heavy atom. The highest BCUT2D eigenvalue weighted by Crippen LogP contribution is 2.29. The molecule has 0 unspecified atom stereocenters. The predicted molar refractivity (Wildman–Crippen MR) is 116 cm³/mol. The number of nitrogens with zero attached hydrogens (tertiary/aromatic N) is 1. The van der Waals surface area contributed by atoms with E-state index in [1.54, 1.807) is 30.3 Å². The second-order valence-electron chi connectivity index (χ2n) is 7.60. The molecule has 0 bridgehead atoms. The lowest BCUT2D eigenvalue weighted by Gasteiger charge is -2.27. The van der Waals surface area contributed by atoms with Gasteiger partial charge in [-0.05, 0) is 49.8 Å². The number of hydrogen-bond acceptors (Lipinski definition) is 6. The summed E-state index contributed by atoms with van der Waals surface area (Å²) in [6.07, 6.45) is 2.32. The van der Waals surface area contributed by atoms with Crippen molar-refractivity contribution in [2.75, 3.05) is 6.54 Å². The van der Waals surface area contributed by atoms with Crippen LogP contribution in [0.2, 0.25) is 0 Å². The number of carbonyl (C=O) groups is 2. The Morgan fingerprint density at radius 3 is 2.22 bits per heavy atom. The highest BCUT2D eigenvalue weighted by molar-refractivity contribution is 7.89. The molecule has 2 aromatic carbocycles. The Hall–Kier alpha value is -3.31. The summed E-state index contributed by atoms with van der Waals surface area (Å²) in [6.45, 7) is 0.132. The van der Waals surface area contributed by atoms with Crippen LogP contribution in [-0.4, -0.2) is 31.7 Å². The molecule has 0 aromatic heterocycles. The molecule has 1 saturated carbocycles. The van der Waals surface area contributed by atoms with Crippen molar-refractivity contribution in [2.24, 2.45) is 11.8 Å². The normalized spacial score (nSPS) is 18.5. The second-order valence-corrected chi connectivity index (χ2v) is 9.34. The molecule has 0 aliphatic heterocycles. The van der Waals surface area contributed by atoms with Crippen LogP contribution in [0.5, 0.6) is 0 Å². The van der Waals surface area contributed by atoms with Gasteiger partial charge in [0.25, 0.3) is 11.6 Å². The van der Waals surface area contributed by atoms with E-state index in [1.807, 2.05) is 0 Å². The number of hydrogen-bond donors (Lipinski definition) is 3. The largest absolute Gasteiger partial charge is 0.289 e. The summed E-state index contributed by atoms with van der Waals surface area (Å²) in [4.78, 5) is 34.4. The zero-order valence-corrected chi connectivity index (χ0v) is 18.0. The first kappa shape index (κ1) is 23.4. The van der Waals surface area contributed by atoms with Crippen LogP contribution in [0.4, 0.5) is 5.69 Å². The Labute approximate surface area is 185 Å². The number of hydrazine groups is 1. The molecule has 1 fully saturated rings. The molecular formula is C21H24N4O6S. The van der Waals surface area contributed by atoms with E-state index >= 15 is 0 Å². The summed E-state index contributed by atoms with van der Waals surface area (Å²) in [7, 11) is -4.03. The van der Waals surface area contributed by atoms with Gasteiger partial charge >= 0.3 is 0 Å².